The number of rotatable bonds is 6. The van der Waals surface area contributed by atoms with Crippen molar-refractivity contribution in [1.82, 2.24) is 0 Å². The van der Waals surface area contributed by atoms with E-state index in [9.17, 15) is 14.7 Å². The Morgan fingerprint density at radius 2 is 1.87 bits per heavy atom. The van der Waals surface area contributed by atoms with Crippen LogP contribution >= 0.6 is 0 Å². The van der Waals surface area contributed by atoms with Crippen LogP contribution in [-0.2, 0) is 9.59 Å². The van der Waals surface area contributed by atoms with Gasteiger partial charge < -0.3 is 24.9 Å². The molecule has 0 radical (unpaired) electrons. The third-order valence-corrected chi connectivity index (χ3v) is 4.85. The molecule has 31 heavy (non-hydrogen) atoms. The number of ether oxygens (including phenoxy) is 1. The highest BCUT2D eigenvalue weighted by Gasteiger charge is 2.37. The molecule has 4 rings (SSSR count). The molecule has 2 heterocycles. The molecule has 2 aromatic carbocycles. The summed E-state index contributed by atoms with van der Waals surface area (Å²) < 4.78 is 10.6. The largest absolute Gasteiger partial charge is 0.497 e. The van der Waals surface area contributed by atoms with E-state index in [1.165, 1.54) is 6.26 Å². The van der Waals surface area contributed by atoms with E-state index in [1.807, 2.05) is 0 Å². The Morgan fingerprint density at radius 3 is 2.52 bits per heavy atom. The SMILES string of the molecule is COc1ccc(N2C(C(=O)N(CC(=O)O)c3ccccc3)=Nc3occc3C2N)cc1. The number of methoxy groups -OCH3 is 1. The van der Waals surface area contributed by atoms with Crippen molar-refractivity contribution < 1.29 is 23.8 Å². The van der Waals surface area contributed by atoms with E-state index in [2.05, 4.69) is 4.99 Å². The summed E-state index contributed by atoms with van der Waals surface area (Å²) in [5.41, 5.74) is 8.10. The van der Waals surface area contributed by atoms with Gasteiger partial charge in [0.2, 0.25) is 11.7 Å². The van der Waals surface area contributed by atoms with Crippen LogP contribution in [0.25, 0.3) is 0 Å². The lowest BCUT2D eigenvalue weighted by Crippen LogP contribution is -2.51. The van der Waals surface area contributed by atoms with E-state index in [4.69, 9.17) is 14.9 Å². The summed E-state index contributed by atoms with van der Waals surface area (Å²) in [5, 5.41) is 9.41. The number of aliphatic carboxylic acids is 1. The van der Waals surface area contributed by atoms with E-state index < -0.39 is 24.6 Å². The number of hydrogen-bond acceptors (Lipinski definition) is 7. The van der Waals surface area contributed by atoms with Crippen LogP contribution in [0.5, 0.6) is 5.75 Å². The van der Waals surface area contributed by atoms with Crippen molar-refractivity contribution in [1.29, 1.82) is 0 Å². The van der Waals surface area contributed by atoms with Crippen LogP contribution in [0.2, 0.25) is 0 Å². The summed E-state index contributed by atoms with van der Waals surface area (Å²) in [5.74, 6) is -0.983. The average Bonchev–Trinajstić information content (AvgIpc) is 3.27. The van der Waals surface area contributed by atoms with Gasteiger partial charge in [0.1, 0.15) is 18.5 Å². The number of amidine groups is 1. The Balaban J connectivity index is 1.81. The Kier molecular flexibility index (Phi) is 5.42. The molecular weight excluding hydrogens is 400 g/mol. The van der Waals surface area contributed by atoms with Crippen molar-refractivity contribution in [3.05, 3.63) is 72.5 Å². The van der Waals surface area contributed by atoms with Gasteiger partial charge in [-0.25, -0.2) is 0 Å². The number of hydrogen-bond donors (Lipinski definition) is 2. The van der Waals surface area contributed by atoms with E-state index in [1.54, 1.807) is 72.7 Å². The zero-order chi connectivity index (χ0) is 22.0. The van der Waals surface area contributed by atoms with Gasteiger partial charge in [0.15, 0.2) is 0 Å². The number of carboxylic acid groups (broad SMARTS) is 1. The highest BCUT2D eigenvalue weighted by atomic mass is 16.5. The molecule has 0 aliphatic carbocycles. The van der Waals surface area contributed by atoms with Crippen LogP contribution in [0.15, 0.2) is 76.3 Å². The summed E-state index contributed by atoms with van der Waals surface area (Å²) in [7, 11) is 1.55. The van der Waals surface area contributed by atoms with Crippen LogP contribution in [0.4, 0.5) is 17.3 Å². The minimum absolute atomic E-state index is 0.0507. The Bertz CT molecular complexity index is 1120. The number of nitrogens with zero attached hydrogens (tertiary/aromatic N) is 3. The summed E-state index contributed by atoms with van der Waals surface area (Å²) in [6.07, 6.45) is 0.681. The highest BCUT2D eigenvalue weighted by molar-refractivity contribution is 6.48. The molecular formula is C22H20N4O5. The zero-order valence-electron chi connectivity index (χ0n) is 16.6. The van der Waals surface area contributed by atoms with Crippen molar-refractivity contribution in [3.8, 4) is 5.75 Å². The van der Waals surface area contributed by atoms with Gasteiger partial charge in [0.25, 0.3) is 5.91 Å². The molecule has 1 amide bonds. The maximum absolute atomic E-state index is 13.6. The number of amides is 1. The van der Waals surface area contributed by atoms with Crippen molar-refractivity contribution >= 4 is 35.0 Å². The smallest absolute Gasteiger partial charge is 0.323 e. The van der Waals surface area contributed by atoms with E-state index in [0.29, 0.717) is 22.7 Å². The third kappa shape index (κ3) is 3.86. The van der Waals surface area contributed by atoms with E-state index >= 15 is 0 Å². The fourth-order valence-corrected chi connectivity index (χ4v) is 3.37. The summed E-state index contributed by atoms with van der Waals surface area (Å²) in [4.78, 5) is 32.2. The molecule has 1 aliphatic heterocycles. The number of nitrogens with two attached hydrogens (primary N) is 1. The van der Waals surface area contributed by atoms with Gasteiger partial charge in [0, 0.05) is 11.4 Å². The first-order valence-electron chi connectivity index (χ1n) is 9.43. The average molecular weight is 420 g/mol. The molecule has 158 valence electrons. The quantitative estimate of drug-likeness (QED) is 0.629. The minimum Gasteiger partial charge on any atom is -0.497 e. The summed E-state index contributed by atoms with van der Waals surface area (Å²) in [6.45, 7) is -0.543. The number of carbonyl (C=O) groups is 2. The predicted octanol–water partition coefficient (Wildman–Crippen LogP) is 2.91. The lowest BCUT2D eigenvalue weighted by atomic mass is 10.1. The Labute approximate surface area is 178 Å². The first kappa shape index (κ1) is 20.2. The van der Waals surface area contributed by atoms with Crippen LogP contribution < -0.4 is 20.3 Å². The number of carboxylic acids is 1. The van der Waals surface area contributed by atoms with E-state index in [0.717, 1.165) is 4.90 Å². The molecule has 0 spiro atoms. The van der Waals surface area contributed by atoms with Crippen LogP contribution in [0, 0.1) is 0 Å². The molecule has 1 atom stereocenters. The molecule has 0 fully saturated rings. The van der Waals surface area contributed by atoms with Gasteiger partial charge in [-0.05, 0) is 42.5 Å². The molecule has 0 bridgehead atoms. The molecule has 3 aromatic rings. The summed E-state index contributed by atoms with van der Waals surface area (Å²) in [6, 6.07) is 17.2. The maximum Gasteiger partial charge on any atom is 0.323 e. The Hall–Kier alpha value is -4.11. The number of para-hydroxylation sites is 1. The van der Waals surface area contributed by atoms with Gasteiger partial charge in [0.05, 0.1) is 18.9 Å². The number of benzene rings is 2. The molecule has 3 N–H and O–H groups in total. The van der Waals surface area contributed by atoms with Crippen LogP contribution in [0.3, 0.4) is 0 Å². The second-order valence-corrected chi connectivity index (χ2v) is 6.75. The van der Waals surface area contributed by atoms with Gasteiger partial charge in [-0.1, -0.05) is 18.2 Å². The maximum atomic E-state index is 13.6. The highest BCUT2D eigenvalue weighted by Crippen LogP contribution is 2.37. The number of carbonyl (C=O) groups excluding carboxylic acids is 1. The van der Waals surface area contributed by atoms with Crippen molar-refractivity contribution in [2.24, 2.45) is 10.7 Å². The lowest BCUT2D eigenvalue weighted by Gasteiger charge is -2.35. The van der Waals surface area contributed by atoms with Gasteiger partial charge in [-0.3, -0.25) is 14.5 Å². The zero-order valence-corrected chi connectivity index (χ0v) is 16.6. The molecule has 1 aliphatic rings. The van der Waals surface area contributed by atoms with E-state index in [-0.39, 0.29) is 11.7 Å². The van der Waals surface area contributed by atoms with Crippen molar-refractivity contribution in [3.63, 3.8) is 0 Å². The molecule has 1 aromatic heterocycles. The standard InChI is InChI=1S/C22H20N4O5/c1-30-16-9-7-15(8-10-16)26-19(23)17-11-12-31-21(17)24-20(26)22(29)25(13-18(27)28)14-5-3-2-4-6-14/h2-12,19H,13,23H2,1H3,(H,27,28). The first-order valence-corrected chi connectivity index (χ1v) is 9.43. The fourth-order valence-electron chi connectivity index (χ4n) is 3.37. The summed E-state index contributed by atoms with van der Waals surface area (Å²) >= 11 is 0. The van der Waals surface area contributed by atoms with Crippen molar-refractivity contribution in [2.75, 3.05) is 23.5 Å². The first-order chi connectivity index (χ1) is 15.0. The number of anilines is 2. The number of furan rings is 1. The number of fused-ring (bicyclic) bond motifs is 1. The monoisotopic (exact) mass is 420 g/mol. The minimum atomic E-state index is -1.16. The second-order valence-electron chi connectivity index (χ2n) is 6.75. The van der Waals surface area contributed by atoms with Crippen LogP contribution in [0.1, 0.15) is 11.7 Å². The molecule has 9 heteroatoms. The predicted molar refractivity (Wildman–Crippen MR) is 115 cm³/mol. The van der Waals surface area contributed by atoms with Crippen LogP contribution in [-0.4, -0.2) is 36.5 Å². The lowest BCUT2D eigenvalue weighted by molar-refractivity contribution is -0.136. The van der Waals surface area contributed by atoms with Gasteiger partial charge in [-0.15, -0.1) is 0 Å². The normalized spacial score (nSPS) is 15.1. The van der Waals surface area contributed by atoms with Gasteiger partial charge >= 0.3 is 5.97 Å². The second kappa shape index (κ2) is 8.33. The van der Waals surface area contributed by atoms with Gasteiger partial charge in [-0.2, -0.15) is 4.99 Å². The molecule has 9 nitrogen and oxygen atoms in total. The Morgan fingerprint density at radius 1 is 1.16 bits per heavy atom. The molecule has 1 unspecified atom stereocenters. The molecule has 0 saturated heterocycles. The fraction of sp³-hybridized carbons (Fsp3) is 0.136. The number of aliphatic imine (C=N–C) groups is 1. The topological polar surface area (TPSA) is 122 Å². The molecule has 0 saturated carbocycles. The van der Waals surface area contributed by atoms with Crippen molar-refractivity contribution in [2.45, 2.75) is 6.17 Å². The third-order valence-electron chi connectivity index (χ3n) is 4.85.